The average molecular weight is 253 g/mol. The first-order chi connectivity index (χ1) is 8.70. The number of carbonyl (C=O) groups excluding carboxylic acids is 2. The molecule has 1 atom stereocenters. The van der Waals surface area contributed by atoms with Gasteiger partial charge in [0.2, 0.25) is 5.91 Å². The summed E-state index contributed by atoms with van der Waals surface area (Å²) in [7, 11) is 0. The molecule has 0 radical (unpaired) electrons. The number of rotatable bonds is 3. The third-order valence-corrected chi connectivity index (χ3v) is 3.22. The zero-order chi connectivity index (χ0) is 13.0. The highest BCUT2D eigenvalue weighted by atomic mass is 16.5. The molecule has 100 valence electrons. The summed E-state index contributed by atoms with van der Waals surface area (Å²) in [5.41, 5.74) is 2.81. The lowest BCUT2D eigenvalue weighted by molar-refractivity contribution is -0.128. The molecule has 1 N–H and O–H groups in total. The van der Waals surface area contributed by atoms with Crippen LogP contribution in [0.1, 0.15) is 32.6 Å². The van der Waals surface area contributed by atoms with Gasteiger partial charge < -0.3 is 9.64 Å². The molecule has 0 bridgehead atoms. The number of ether oxygens (including phenoxy) is 1. The molecule has 1 saturated heterocycles. The highest BCUT2D eigenvalue weighted by Crippen LogP contribution is 2.15. The number of nitrogens with one attached hydrogen (secondary N) is 1. The van der Waals surface area contributed by atoms with Crippen molar-refractivity contribution in [3.05, 3.63) is 0 Å². The van der Waals surface area contributed by atoms with Crippen LogP contribution in [0.2, 0.25) is 0 Å². The molecule has 2 aliphatic heterocycles. The lowest BCUT2D eigenvalue weighted by Gasteiger charge is -2.33. The monoisotopic (exact) mass is 253 g/mol. The fraction of sp³-hybridized carbons (Fsp3) is 0.750. The van der Waals surface area contributed by atoms with Crippen molar-refractivity contribution >= 4 is 17.5 Å². The second-order valence-electron chi connectivity index (χ2n) is 4.56. The van der Waals surface area contributed by atoms with Crippen molar-refractivity contribution in [1.29, 1.82) is 0 Å². The Labute approximate surface area is 106 Å². The van der Waals surface area contributed by atoms with Crippen molar-refractivity contribution in [1.82, 2.24) is 10.3 Å². The maximum Gasteiger partial charge on any atom is 0.270 e. The van der Waals surface area contributed by atoms with Crippen molar-refractivity contribution in [3.8, 4) is 0 Å². The van der Waals surface area contributed by atoms with E-state index < -0.39 is 0 Å². The number of hydrazone groups is 1. The van der Waals surface area contributed by atoms with Gasteiger partial charge in [-0.25, -0.2) is 5.43 Å². The standard InChI is InChI=1S/C12H19N3O3/c1-2-18-9-4-3-7-15(8-9)12(17)10-5-6-11(16)14-13-10/h9H,2-8H2,1H3,(H,14,16). The Morgan fingerprint density at radius 1 is 1.56 bits per heavy atom. The average Bonchev–Trinajstić information content (AvgIpc) is 2.39. The van der Waals surface area contributed by atoms with Gasteiger partial charge >= 0.3 is 0 Å². The van der Waals surface area contributed by atoms with Crippen LogP contribution in [0.3, 0.4) is 0 Å². The van der Waals surface area contributed by atoms with Gasteiger partial charge in [0, 0.05) is 32.5 Å². The van der Waals surface area contributed by atoms with E-state index in [2.05, 4.69) is 10.5 Å². The Hall–Kier alpha value is -1.43. The Morgan fingerprint density at radius 3 is 3.06 bits per heavy atom. The molecule has 2 amide bonds. The van der Waals surface area contributed by atoms with Gasteiger partial charge in [-0.15, -0.1) is 0 Å². The number of hydrogen-bond donors (Lipinski definition) is 1. The Bertz CT molecular complexity index is 366. The largest absolute Gasteiger partial charge is 0.377 e. The van der Waals surface area contributed by atoms with Crippen LogP contribution >= 0.6 is 0 Å². The van der Waals surface area contributed by atoms with Gasteiger partial charge in [0.05, 0.1) is 6.10 Å². The fourth-order valence-electron chi connectivity index (χ4n) is 2.31. The predicted octanol–water partition coefficient (Wildman–Crippen LogP) is 0.280. The van der Waals surface area contributed by atoms with E-state index in [4.69, 9.17) is 4.74 Å². The molecule has 0 aromatic rings. The summed E-state index contributed by atoms with van der Waals surface area (Å²) in [6.07, 6.45) is 2.86. The second-order valence-corrected chi connectivity index (χ2v) is 4.56. The number of piperidine rings is 1. The van der Waals surface area contributed by atoms with E-state index in [0.29, 0.717) is 31.7 Å². The molecule has 0 aromatic heterocycles. The minimum absolute atomic E-state index is 0.0700. The van der Waals surface area contributed by atoms with Crippen LogP contribution in [0, 0.1) is 0 Å². The fourth-order valence-corrected chi connectivity index (χ4v) is 2.31. The van der Waals surface area contributed by atoms with E-state index in [-0.39, 0.29) is 17.9 Å². The van der Waals surface area contributed by atoms with E-state index in [1.54, 1.807) is 4.90 Å². The van der Waals surface area contributed by atoms with Crippen molar-refractivity contribution < 1.29 is 14.3 Å². The second kappa shape index (κ2) is 5.95. The first-order valence-corrected chi connectivity index (χ1v) is 6.47. The lowest BCUT2D eigenvalue weighted by atomic mass is 10.1. The molecule has 0 spiro atoms. The van der Waals surface area contributed by atoms with E-state index >= 15 is 0 Å². The zero-order valence-electron chi connectivity index (χ0n) is 10.6. The van der Waals surface area contributed by atoms with E-state index in [1.807, 2.05) is 6.92 Å². The highest BCUT2D eigenvalue weighted by molar-refractivity contribution is 6.39. The molecular formula is C12H19N3O3. The number of carbonyl (C=O) groups is 2. The maximum absolute atomic E-state index is 12.2. The lowest BCUT2D eigenvalue weighted by Crippen LogP contribution is -2.47. The molecule has 1 fully saturated rings. The maximum atomic E-state index is 12.2. The Balaban J connectivity index is 1.94. The number of hydrogen-bond acceptors (Lipinski definition) is 4. The third-order valence-electron chi connectivity index (χ3n) is 3.22. The zero-order valence-corrected chi connectivity index (χ0v) is 10.6. The van der Waals surface area contributed by atoms with E-state index in [1.165, 1.54) is 0 Å². The van der Waals surface area contributed by atoms with Crippen LogP contribution in [0.5, 0.6) is 0 Å². The molecule has 18 heavy (non-hydrogen) atoms. The summed E-state index contributed by atoms with van der Waals surface area (Å²) >= 11 is 0. The summed E-state index contributed by atoms with van der Waals surface area (Å²) < 4.78 is 5.56. The molecule has 2 aliphatic rings. The van der Waals surface area contributed by atoms with Crippen LogP contribution in [-0.4, -0.2) is 48.2 Å². The van der Waals surface area contributed by atoms with Crippen LogP contribution in [0.25, 0.3) is 0 Å². The number of likely N-dealkylation sites (tertiary alicyclic amines) is 1. The van der Waals surface area contributed by atoms with Crippen LogP contribution in [0.15, 0.2) is 5.10 Å². The van der Waals surface area contributed by atoms with Gasteiger partial charge in [0.15, 0.2) is 0 Å². The van der Waals surface area contributed by atoms with Gasteiger partial charge in [0.25, 0.3) is 5.91 Å². The molecule has 1 unspecified atom stereocenters. The summed E-state index contributed by atoms with van der Waals surface area (Å²) in [4.78, 5) is 25.0. The van der Waals surface area contributed by atoms with Crippen LogP contribution < -0.4 is 5.43 Å². The Morgan fingerprint density at radius 2 is 2.39 bits per heavy atom. The quantitative estimate of drug-likeness (QED) is 0.785. The molecule has 2 rings (SSSR count). The van der Waals surface area contributed by atoms with E-state index in [0.717, 1.165) is 19.4 Å². The smallest absolute Gasteiger partial charge is 0.270 e. The van der Waals surface area contributed by atoms with Crippen molar-refractivity contribution in [2.24, 2.45) is 5.10 Å². The summed E-state index contributed by atoms with van der Waals surface area (Å²) in [5.74, 6) is -0.197. The van der Waals surface area contributed by atoms with Gasteiger partial charge in [-0.1, -0.05) is 0 Å². The SMILES string of the molecule is CCOC1CCCN(C(=O)C2=NNC(=O)CC2)C1. The number of nitrogens with zero attached hydrogens (tertiary/aromatic N) is 2. The molecule has 6 nitrogen and oxygen atoms in total. The predicted molar refractivity (Wildman–Crippen MR) is 66.0 cm³/mol. The molecule has 2 heterocycles. The third kappa shape index (κ3) is 3.07. The summed E-state index contributed by atoms with van der Waals surface area (Å²) in [6, 6.07) is 0. The normalized spacial score (nSPS) is 24.5. The molecule has 0 saturated carbocycles. The molecule has 0 aliphatic carbocycles. The van der Waals surface area contributed by atoms with Gasteiger partial charge in [-0.2, -0.15) is 5.10 Å². The first kappa shape index (κ1) is 13.0. The van der Waals surface area contributed by atoms with E-state index in [9.17, 15) is 9.59 Å². The minimum atomic E-state index is -0.127. The topological polar surface area (TPSA) is 71.0 Å². The Kier molecular flexibility index (Phi) is 4.30. The van der Waals surface area contributed by atoms with Crippen LogP contribution in [-0.2, 0) is 14.3 Å². The molecular weight excluding hydrogens is 234 g/mol. The van der Waals surface area contributed by atoms with Crippen molar-refractivity contribution in [3.63, 3.8) is 0 Å². The highest BCUT2D eigenvalue weighted by Gasteiger charge is 2.28. The van der Waals surface area contributed by atoms with Crippen molar-refractivity contribution in [2.45, 2.75) is 38.7 Å². The summed E-state index contributed by atoms with van der Waals surface area (Å²) in [6.45, 7) is 4.00. The molecule has 0 aromatic carbocycles. The van der Waals surface area contributed by atoms with Gasteiger partial charge in [0.1, 0.15) is 5.71 Å². The minimum Gasteiger partial charge on any atom is -0.377 e. The summed E-state index contributed by atoms with van der Waals surface area (Å²) in [5, 5.41) is 3.84. The van der Waals surface area contributed by atoms with Gasteiger partial charge in [-0.05, 0) is 19.8 Å². The van der Waals surface area contributed by atoms with Gasteiger partial charge in [-0.3, -0.25) is 9.59 Å². The molecule has 6 heteroatoms. The first-order valence-electron chi connectivity index (χ1n) is 6.47. The van der Waals surface area contributed by atoms with Crippen LogP contribution in [0.4, 0.5) is 0 Å². The number of amides is 2. The van der Waals surface area contributed by atoms with Crippen molar-refractivity contribution in [2.75, 3.05) is 19.7 Å².